The van der Waals surface area contributed by atoms with E-state index >= 15 is 0 Å². The summed E-state index contributed by atoms with van der Waals surface area (Å²) in [5.74, 6) is 0.750. The van der Waals surface area contributed by atoms with Gasteiger partial charge in [-0.15, -0.1) is 5.10 Å². The number of rotatable bonds is 9. The second kappa shape index (κ2) is 8.87. The van der Waals surface area contributed by atoms with E-state index in [1.807, 2.05) is 6.92 Å². The summed E-state index contributed by atoms with van der Waals surface area (Å²) < 4.78 is 1.76. The number of hydrogen-bond acceptors (Lipinski definition) is 6. The van der Waals surface area contributed by atoms with Crippen LogP contribution < -0.4 is 10.6 Å². The SMILES string of the molecule is CCNC(=O)CCSc1nnnn1CCNC(C)C. The number of hydrogen-bond donors (Lipinski definition) is 2. The van der Waals surface area contributed by atoms with Gasteiger partial charge >= 0.3 is 0 Å². The summed E-state index contributed by atoms with van der Waals surface area (Å²) >= 11 is 1.50. The smallest absolute Gasteiger partial charge is 0.220 e. The molecule has 0 aromatic carbocycles. The minimum Gasteiger partial charge on any atom is -0.356 e. The summed E-state index contributed by atoms with van der Waals surface area (Å²) in [7, 11) is 0. The third-order valence-electron chi connectivity index (χ3n) is 2.31. The first-order valence-electron chi connectivity index (χ1n) is 6.52. The largest absolute Gasteiger partial charge is 0.356 e. The molecule has 1 aromatic heterocycles. The van der Waals surface area contributed by atoms with E-state index < -0.39 is 0 Å². The maximum Gasteiger partial charge on any atom is 0.220 e. The van der Waals surface area contributed by atoms with Crippen LogP contribution in [0.1, 0.15) is 27.2 Å². The Kier molecular flexibility index (Phi) is 7.42. The molecule has 0 aliphatic carbocycles. The summed E-state index contributed by atoms with van der Waals surface area (Å²) in [5.41, 5.74) is 0. The van der Waals surface area contributed by atoms with Gasteiger partial charge in [0, 0.05) is 31.3 Å². The Bertz CT molecular complexity index is 381. The minimum atomic E-state index is 0.0653. The molecule has 108 valence electrons. The molecular weight excluding hydrogens is 264 g/mol. The highest BCUT2D eigenvalue weighted by Gasteiger charge is 2.08. The summed E-state index contributed by atoms with van der Waals surface area (Å²) in [6, 6.07) is 0.449. The first kappa shape index (κ1) is 15.9. The molecule has 0 saturated carbocycles. The van der Waals surface area contributed by atoms with Crippen LogP contribution in [0.5, 0.6) is 0 Å². The number of carbonyl (C=O) groups is 1. The van der Waals surface area contributed by atoms with Gasteiger partial charge in [-0.25, -0.2) is 4.68 Å². The molecule has 1 rings (SSSR count). The van der Waals surface area contributed by atoms with Crippen LogP contribution in [0.25, 0.3) is 0 Å². The summed E-state index contributed by atoms with van der Waals surface area (Å²) in [6.07, 6.45) is 0.482. The molecule has 0 spiro atoms. The van der Waals surface area contributed by atoms with Gasteiger partial charge in [-0.3, -0.25) is 4.79 Å². The fourth-order valence-electron chi connectivity index (χ4n) is 1.42. The van der Waals surface area contributed by atoms with Crippen molar-refractivity contribution in [2.75, 3.05) is 18.8 Å². The number of nitrogens with zero attached hydrogens (tertiary/aromatic N) is 4. The van der Waals surface area contributed by atoms with E-state index in [1.165, 1.54) is 11.8 Å². The Hall–Kier alpha value is -1.15. The van der Waals surface area contributed by atoms with E-state index in [2.05, 4.69) is 40.0 Å². The van der Waals surface area contributed by atoms with Crippen LogP contribution in [-0.2, 0) is 11.3 Å². The highest BCUT2D eigenvalue weighted by Crippen LogP contribution is 2.14. The van der Waals surface area contributed by atoms with Crippen molar-refractivity contribution in [3.8, 4) is 0 Å². The van der Waals surface area contributed by atoms with Gasteiger partial charge in [-0.2, -0.15) is 0 Å². The van der Waals surface area contributed by atoms with Gasteiger partial charge in [-0.05, 0) is 17.4 Å². The Morgan fingerprint density at radius 3 is 2.95 bits per heavy atom. The van der Waals surface area contributed by atoms with Crippen molar-refractivity contribution in [1.82, 2.24) is 30.8 Å². The number of carbonyl (C=O) groups excluding carboxylic acids is 1. The van der Waals surface area contributed by atoms with Crippen LogP contribution in [0, 0.1) is 0 Å². The van der Waals surface area contributed by atoms with E-state index in [-0.39, 0.29) is 5.91 Å². The zero-order valence-electron chi connectivity index (χ0n) is 11.7. The molecule has 2 N–H and O–H groups in total. The van der Waals surface area contributed by atoms with Crippen molar-refractivity contribution in [2.24, 2.45) is 0 Å². The average Bonchev–Trinajstić information content (AvgIpc) is 2.77. The molecule has 0 aliphatic rings. The lowest BCUT2D eigenvalue weighted by atomic mass is 10.4. The normalized spacial score (nSPS) is 10.9. The van der Waals surface area contributed by atoms with Crippen molar-refractivity contribution >= 4 is 17.7 Å². The van der Waals surface area contributed by atoms with Crippen LogP contribution >= 0.6 is 11.8 Å². The summed E-state index contributed by atoms with van der Waals surface area (Å²) in [5, 5.41) is 18.4. The number of nitrogens with one attached hydrogen (secondary N) is 2. The topological polar surface area (TPSA) is 84.7 Å². The third-order valence-corrected chi connectivity index (χ3v) is 3.27. The van der Waals surface area contributed by atoms with Crippen LogP contribution in [-0.4, -0.2) is 51.0 Å². The molecule has 0 atom stereocenters. The Morgan fingerprint density at radius 1 is 1.47 bits per heavy atom. The molecule has 0 bridgehead atoms. The Balaban J connectivity index is 2.30. The number of aromatic nitrogens is 4. The van der Waals surface area contributed by atoms with Gasteiger partial charge in [0.15, 0.2) is 0 Å². The van der Waals surface area contributed by atoms with Crippen molar-refractivity contribution in [1.29, 1.82) is 0 Å². The van der Waals surface area contributed by atoms with Gasteiger partial charge in [0.1, 0.15) is 0 Å². The molecule has 19 heavy (non-hydrogen) atoms. The molecule has 0 saturated heterocycles. The maximum absolute atomic E-state index is 11.3. The van der Waals surface area contributed by atoms with Crippen LogP contribution in [0.3, 0.4) is 0 Å². The third kappa shape index (κ3) is 6.53. The van der Waals surface area contributed by atoms with Crippen LogP contribution in [0.4, 0.5) is 0 Å². The predicted octanol–water partition coefficient (Wildman–Crippen LogP) is 0.289. The van der Waals surface area contributed by atoms with E-state index in [4.69, 9.17) is 0 Å². The van der Waals surface area contributed by atoms with Crippen molar-refractivity contribution in [3.63, 3.8) is 0 Å². The van der Waals surface area contributed by atoms with Gasteiger partial charge in [-0.1, -0.05) is 25.6 Å². The predicted molar refractivity (Wildman–Crippen MR) is 75.0 cm³/mol. The summed E-state index contributed by atoms with van der Waals surface area (Å²) in [4.78, 5) is 11.3. The molecule has 0 fully saturated rings. The van der Waals surface area contributed by atoms with Crippen molar-refractivity contribution < 1.29 is 4.79 Å². The van der Waals surface area contributed by atoms with E-state index in [9.17, 15) is 4.79 Å². The Morgan fingerprint density at radius 2 is 2.26 bits per heavy atom. The average molecular weight is 286 g/mol. The molecule has 1 aromatic rings. The lowest BCUT2D eigenvalue weighted by Gasteiger charge is -2.08. The second-order valence-electron chi connectivity index (χ2n) is 4.35. The maximum atomic E-state index is 11.3. The lowest BCUT2D eigenvalue weighted by Crippen LogP contribution is -2.27. The minimum absolute atomic E-state index is 0.0653. The van der Waals surface area contributed by atoms with Crippen molar-refractivity contribution in [2.45, 2.75) is 44.9 Å². The molecule has 0 unspecified atom stereocenters. The molecule has 1 heterocycles. The van der Waals surface area contributed by atoms with E-state index in [0.717, 1.165) is 18.2 Å². The van der Waals surface area contributed by atoms with Crippen LogP contribution in [0.2, 0.25) is 0 Å². The van der Waals surface area contributed by atoms with Crippen LogP contribution in [0.15, 0.2) is 5.16 Å². The van der Waals surface area contributed by atoms with Crippen molar-refractivity contribution in [3.05, 3.63) is 0 Å². The molecule has 0 radical (unpaired) electrons. The number of thioether (sulfide) groups is 1. The van der Waals surface area contributed by atoms with E-state index in [0.29, 0.717) is 24.8 Å². The molecule has 1 amide bonds. The molecular formula is C11H22N6OS. The highest BCUT2D eigenvalue weighted by atomic mass is 32.2. The van der Waals surface area contributed by atoms with Gasteiger partial charge in [0.25, 0.3) is 0 Å². The first-order valence-corrected chi connectivity index (χ1v) is 7.51. The summed E-state index contributed by atoms with van der Waals surface area (Å²) in [6.45, 7) is 8.33. The second-order valence-corrected chi connectivity index (χ2v) is 5.41. The molecule has 8 heteroatoms. The van der Waals surface area contributed by atoms with Gasteiger partial charge in [0.2, 0.25) is 11.1 Å². The lowest BCUT2D eigenvalue weighted by molar-refractivity contribution is -0.120. The Labute approximate surface area is 117 Å². The number of amides is 1. The zero-order valence-corrected chi connectivity index (χ0v) is 12.5. The zero-order chi connectivity index (χ0) is 14.1. The molecule has 7 nitrogen and oxygen atoms in total. The van der Waals surface area contributed by atoms with Gasteiger partial charge < -0.3 is 10.6 Å². The molecule has 0 aliphatic heterocycles. The highest BCUT2D eigenvalue weighted by molar-refractivity contribution is 7.99. The van der Waals surface area contributed by atoms with E-state index in [1.54, 1.807) is 4.68 Å². The standard InChI is InChI=1S/C11H22N6OS/c1-4-12-10(18)5-8-19-11-14-15-16-17(11)7-6-13-9(2)3/h9,13H,4-8H2,1-3H3,(H,12,18). The monoisotopic (exact) mass is 286 g/mol. The fourth-order valence-corrected chi connectivity index (χ4v) is 2.26. The first-order chi connectivity index (χ1) is 9.13. The van der Waals surface area contributed by atoms with Gasteiger partial charge in [0.05, 0.1) is 6.54 Å². The number of tetrazole rings is 1. The quantitative estimate of drug-likeness (QED) is 0.635. The fraction of sp³-hybridized carbons (Fsp3) is 0.818.